The van der Waals surface area contributed by atoms with E-state index in [0.717, 1.165) is 18.4 Å². The number of alkyl halides is 1. The number of halogens is 1. The summed E-state index contributed by atoms with van der Waals surface area (Å²) in [5.74, 6) is -2.49. The van der Waals surface area contributed by atoms with Crippen molar-refractivity contribution in [3.05, 3.63) is 91.5 Å². The van der Waals surface area contributed by atoms with Gasteiger partial charge in [-0.2, -0.15) is 0 Å². The van der Waals surface area contributed by atoms with Crippen LogP contribution in [0.5, 0.6) is 0 Å². The average molecular weight is 665 g/mol. The minimum absolute atomic E-state index is 0.234. The summed E-state index contributed by atoms with van der Waals surface area (Å²) in [5, 5.41) is 10.7. The number of nitrogens with zero attached hydrogens (tertiary/aromatic N) is 3. The van der Waals surface area contributed by atoms with E-state index in [1.165, 1.54) is 0 Å². The summed E-state index contributed by atoms with van der Waals surface area (Å²) >= 11 is 3.78. The molecule has 234 valence electrons. The maximum absolute atomic E-state index is 14.7. The number of hydrogen-bond acceptors (Lipinski definition) is 5. The fourth-order valence-corrected chi connectivity index (χ4v) is 8.31. The number of unbranched alkanes of at least 4 members (excludes halogenated alkanes) is 1. The lowest BCUT2D eigenvalue weighted by molar-refractivity contribution is -0.151. The summed E-state index contributed by atoms with van der Waals surface area (Å²) in [4.78, 5) is 48.6. The fourth-order valence-electron chi connectivity index (χ4n) is 7.37. The molecule has 3 unspecified atom stereocenters. The highest BCUT2D eigenvalue weighted by Crippen LogP contribution is 2.61. The summed E-state index contributed by atoms with van der Waals surface area (Å²) in [5.41, 5.74) is 0.412. The zero-order valence-electron chi connectivity index (χ0n) is 25.3. The molecule has 7 atom stereocenters. The molecule has 0 radical (unpaired) electrons. The molecule has 0 saturated carbocycles. The van der Waals surface area contributed by atoms with Crippen LogP contribution in [0.3, 0.4) is 0 Å². The predicted octanol–water partition coefficient (Wildman–Crippen LogP) is 4.37. The molecule has 0 aliphatic carbocycles. The SMILES string of the molecule is C=CCN(CCCC)C(=O)C1N([C@@H](CO)Cc2ccccc2)C(=O)[C@@H]2[C@@H](C(=O)N(CC=C)c3ccccc3)[C@@H]3OC12CC3Br. The Balaban J connectivity index is 1.60. The largest absolute Gasteiger partial charge is 0.394 e. The molecular weight excluding hydrogens is 622 g/mol. The monoisotopic (exact) mass is 663 g/mol. The van der Waals surface area contributed by atoms with Crippen LogP contribution in [0, 0.1) is 11.8 Å². The molecule has 8 nitrogen and oxygen atoms in total. The molecule has 0 aromatic heterocycles. The molecule has 1 spiro atoms. The number of ether oxygens (including phenoxy) is 1. The van der Waals surface area contributed by atoms with Crippen LogP contribution in [0.25, 0.3) is 0 Å². The van der Waals surface area contributed by atoms with Gasteiger partial charge in [0.1, 0.15) is 11.6 Å². The quantitative estimate of drug-likeness (QED) is 0.240. The molecule has 5 rings (SSSR count). The van der Waals surface area contributed by atoms with E-state index in [2.05, 4.69) is 36.0 Å². The van der Waals surface area contributed by atoms with Gasteiger partial charge in [0.25, 0.3) is 0 Å². The number of anilines is 1. The highest BCUT2D eigenvalue weighted by atomic mass is 79.9. The first kappa shape index (κ1) is 32.1. The summed E-state index contributed by atoms with van der Waals surface area (Å²) in [7, 11) is 0. The molecule has 3 fully saturated rings. The van der Waals surface area contributed by atoms with Crippen molar-refractivity contribution in [2.75, 3.05) is 31.1 Å². The van der Waals surface area contributed by atoms with Crippen LogP contribution in [0.1, 0.15) is 31.7 Å². The van der Waals surface area contributed by atoms with Gasteiger partial charge in [-0.05, 0) is 37.0 Å². The smallest absolute Gasteiger partial charge is 0.248 e. The van der Waals surface area contributed by atoms with Crippen molar-refractivity contribution >= 4 is 39.3 Å². The van der Waals surface area contributed by atoms with Gasteiger partial charge >= 0.3 is 0 Å². The number of carbonyl (C=O) groups is 3. The minimum Gasteiger partial charge on any atom is -0.394 e. The summed E-state index contributed by atoms with van der Waals surface area (Å²) < 4.78 is 6.77. The molecule has 3 heterocycles. The van der Waals surface area contributed by atoms with Gasteiger partial charge in [0.05, 0.1) is 30.6 Å². The van der Waals surface area contributed by atoms with E-state index in [9.17, 15) is 19.5 Å². The van der Waals surface area contributed by atoms with Crippen LogP contribution in [0.4, 0.5) is 5.69 Å². The molecule has 3 saturated heterocycles. The average Bonchev–Trinajstić information content (AvgIpc) is 3.64. The standard InChI is InChI=1S/C35H42BrN3O5/c1-4-7-20-37(18-5-2)34(43)31-35-22-27(36)30(44-35)28(32(41)38(19-6-3)25-16-12-9-13-17-25)29(35)33(42)39(31)26(23-40)21-24-14-10-8-11-15-24/h5-6,8-17,26-31,40H,2-4,7,18-23H2,1H3/t26-,27?,28-,29+,30-,31?,35?/m1/s1. The first-order valence-corrected chi connectivity index (χ1v) is 16.4. The first-order chi connectivity index (χ1) is 21.3. The Labute approximate surface area is 268 Å². The Morgan fingerprint density at radius 3 is 2.36 bits per heavy atom. The molecule has 2 bridgehead atoms. The Hall–Kier alpha value is -3.27. The number of carbonyl (C=O) groups excluding carboxylic acids is 3. The van der Waals surface area contributed by atoms with Gasteiger partial charge in [-0.15, -0.1) is 13.2 Å². The highest BCUT2D eigenvalue weighted by molar-refractivity contribution is 9.09. The molecule has 3 amide bonds. The van der Waals surface area contributed by atoms with Crippen LogP contribution in [-0.2, 0) is 25.5 Å². The summed E-state index contributed by atoms with van der Waals surface area (Å²) in [6.45, 7) is 10.6. The van der Waals surface area contributed by atoms with Gasteiger partial charge < -0.3 is 24.5 Å². The number of aliphatic hydroxyl groups excluding tert-OH is 1. The molecular formula is C35H42BrN3O5. The van der Waals surface area contributed by atoms with Crippen molar-refractivity contribution in [2.45, 2.75) is 61.2 Å². The van der Waals surface area contributed by atoms with Crippen LogP contribution < -0.4 is 4.90 Å². The van der Waals surface area contributed by atoms with Crippen molar-refractivity contribution in [1.82, 2.24) is 9.80 Å². The number of amides is 3. The van der Waals surface area contributed by atoms with E-state index in [0.29, 0.717) is 31.6 Å². The van der Waals surface area contributed by atoms with Crippen LogP contribution in [-0.4, -0.2) is 87.5 Å². The predicted molar refractivity (Wildman–Crippen MR) is 174 cm³/mol. The topological polar surface area (TPSA) is 90.4 Å². The van der Waals surface area contributed by atoms with E-state index in [1.807, 2.05) is 60.7 Å². The van der Waals surface area contributed by atoms with Gasteiger partial charge in [-0.3, -0.25) is 14.4 Å². The van der Waals surface area contributed by atoms with Crippen molar-refractivity contribution in [3.63, 3.8) is 0 Å². The van der Waals surface area contributed by atoms with Gasteiger partial charge in [0.2, 0.25) is 17.7 Å². The highest BCUT2D eigenvalue weighted by Gasteiger charge is 2.77. The van der Waals surface area contributed by atoms with E-state index in [4.69, 9.17) is 4.74 Å². The van der Waals surface area contributed by atoms with Gasteiger partial charge in [-0.1, -0.05) is 90.0 Å². The lowest BCUT2D eigenvalue weighted by Gasteiger charge is -2.39. The Morgan fingerprint density at radius 2 is 1.75 bits per heavy atom. The zero-order chi connectivity index (χ0) is 31.4. The van der Waals surface area contributed by atoms with Crippen LogP contribution in [0.2, 0.25) is 0 Å². The van der Waals surface area contributed by atoms with Crippen molar-refractivity contribution in [1.29, 1.82) is 0 Å². The maximum Gasteiger partial charge on any atom is 0.248 e. The Bertz CT molecular complexity index is 1360. The number of likely N-dealkylation sites (tertiary alicyclic amines) is 1. The third kappa shape index (κ3) is 5.66. The van der Waals surface area contributed by atoms with E-state index >= 15 is 0 Å². The van der Waals surface area contributed by atoms with Crippen LogP contribution >= 0.6 is 15.9 Å². The Kier molecular flexibility index (Phi) is 10.1. The molecule has 9 heteroatoms. The van der Waals surface area contributed by atoms with Gasteiger partial charge in [0.15, 0.2) is 0 Å². The lowest BCUT2D eigenvalue weighted by atomic mass is 9.70. The van der Waals surface area contributed by atoms with Crippen LogP contribution in [0.15, 0.2) is 86.0 Å². The molecule has 44 heavy (non-hydrogen) atoms. The van der Waals surface area contributed by atoms with Gasteiger partial charge in [-0.25, -0.2) is 0 Å². The molecule has 1 N–H and O–H groups in total. The van der Waals surface area contributed by atoms with E-state index in [1.54, 1.807) is 26.9 Å². The normalized spacial score (nSPS) is 27.6. The molecule has 3 aliphatic rings. The molecule has 3 aliphatic heterocycles. The number of fused-ring (bicyclic) bond motifs is 1. The number of hydrogen-bond donors (Lipinski definition) is 1. The van der Waals surface area contributed by atoms with Crippen molar-refractivity contribution < 1.29 is 24.2 Å². The second-order valence-electron chi connectivity index (χ2n) is 11.9. The van der Waals surface area contributed by atoms with Crippen molar-refractivity contribution in [3.8, 4) is 0 Å². The first-order valence-electron chi connectivity index (χ1n) is 15.5. The Morgan fingerprint density at radius 1 is 1.09 bits per heavy atom. The number of aliphatic hydroxyl groups is 1. The number of benzene rings is 2. The molecule has 2 aromatic rings. The van der Waals surface area contributed by atoms with E-state index in [-0.39, 0.29) is 35.7 Å². The maximum atomic E-state index is 14.7. The van der Waals surface area contributed by atoms with E-state index < -0.39 is 35.6 Å². The number of para-hydroxylation sites is 1. The third-order valence-corrected chi connectivity index (χ3v) is 10.1. The zero-order valence-corrected chi connectivity index (χ0v) is 26.8. The summed E-state index contributed by atoms with van der Waals surface area (Å²) in [6.07, 6.45) is 5.22. The van der Waals surface area contributed by atoms with Gasteiger partial charge in [0, 0.05) is 30.1 Å². The second kappa shape index (κ2) is 13.8. The number of rotatable bonds is 14. The molecule has 2 aromatic carbocycles. The third-order valence-electron chi connectivity index (χ3n) is 9.25. The minimum atomic E-state index is -1.22. The van der Waals surface area contributed by atoms with Crippen molar-refractivity contribution in [2.24, 2.45) is 11.8 Å². The fraction of sp³-hybridized carbons (Fsp3) is 0.457. The lowest BCUT2D eigenvalue weighted by Crippen LogP contribution is -2.59. The summed E-state index contributed by atoms with van der Waals surface area (Å²) in [6, 6.07) is 17.3. The second-order valence-corrected chi connectivity index (χ2v) is 13.1.